The first kappa shape index (κ1) is 19.3. The number of benzene rings is 2. The van der Waals surface area contributed by atoms with E-state index < -0.39 is 11.8 Å². The van der Waals surface area contributed by atoms with Crippen LogP contribution in [0.3, 0.4) is 0 Å². The molecule has 0 radical (unpaired) electrons. The Bertz CT molecular complexity index is 1130. The molecule has 0 unspecified atom stereocenters. The molecule has 0 saturated heterocycles. The number of ketones is 1. The molecular formula is C24H18O6. The summed E-state index contributed by atoms with van der Waals surface area (Å²) >= 11 is 0. The minimum atomic E-state index is -0.720. The van der Waals surface area contributed by atoms with E-state index in [2.05, 4.69) is 0 Å². The Balaban J connectivity index is 1.85. The number of allylic oxidation sites excluding steroid dienone is 1. The minimum Gasteiger partial charge on any atom is -0.497 e. The van der Waals surface area contributed by atoms with Crippen LogP contribution in [0.4, 0.5) is 0 Å². The molecule has 1 aliphatic rings. The third-order valence-corrected chi connectivity index (χ3v) is 4.67. The highest BCUT2D eigenvalue weighted by molar-refractivity contribution is 6.31. The molecule has 0 saturated carbocycles. The van der Waals surface area contributed by atoms with Crippen LogP contribution < -0.4 is 9.47 Å². The molecule has 6 nitrogen and oxygen atoms in total. The number of hydrogen-bond acceptors (Lipinski definition) is 6. The lowest BCUT2D eigenvalue weighted by atomic mass is 9.95. The lowest BCUT2D eigenvalue weighted by Crippen LogP contribution is -2.10. The fourth-order valence-corrected chi connectivity index (χ4v) is 3.16. The Hall–Kier alpha value is -4.06. The molecule has 0 bridgehead atoms. The first-order valence-electron chi connectivity index (χ1n) is 9.16. The molecule has 0 fully saturated rings. The predicted molar refractivity (Wildman–Crippen MR) is 110 cm³/mol. The number of hydrogen-bond donors (Lipinski definition) is 0. The van der Waals surface area contributed by atoms with E-state index in [9.17, 15) is 9.59 Å². The molecule has 30 heavy (non-hydrogen) atoms. The summed E-state index contributed by atoms with van der Waals surface area (Å²) in [6.45, 7) is 0. The van der Waals surface area contributed by atoms with E-state index in [1.54, 1.807) is 62.8 Å². The number of carbonyl (C=O) groups excluding carboxylic acids is 2. The van der Waals surface area contributed by atoms with E-state index in [0.717, 1.165) is 5.56 Å². The number of methoxy groups -OCH3 is 2. The van der Waals surface area contributed by atoms with Gasteiger partial charge in [0.25, 0.3) is 0 Å². The second kappa shape index (κ2) is 8.13. The lowest BCUT2D eigenvalue weighted by molar-refractivity contribution is -0.132. The van der Waals surface area contributed by atoms with Gasteiger partial charge in [-0.15, -0.1) is 0 Å². The smallest absolute Gasteiger partial charge is 0.348 e. The summed E-state index contributed by atoms with van der Waals surface area (Å²) in [5.74, 6) is 0.462. The van der Waals surface area contributed by atoms with E-state index in [1.807, 2.05) is 12.1 Å². The van der Waals surface area contributed by atoms with Gasteiger partial charge < -0.3 is 18.6 Å². The third kappa shape index (κ3) is 3.63. The van der Waals surface area contributed by atoms with Crippen molar-refractivity contribution in [2.45, 2.75) is 0 Å². The van der Waals surface area contributed by atoms with Gasteiger partial charge in [-0.1, -0.05) is 24.3 Å². The van der Waals surface area contributed by atoms with Crippen LogP contribution >= 0.6 is 0 Å². The first-order valence-corrected chi connectivity index (χ1v) is 9.16. The molecule has 0 spiro atoms. The number of furan rings is 1. The summed E-state index contributed by atoms with van der Waals surface area (Å²) < 4.78 is 21.1. The van der Waals surface area contributed by atoms with Gasteiger partial charge in [0.1, 0.15) is 22.8 Å². The second-order valence-corrected chi connectivity index (χ2v) is 6.46. The van der Waals surface area contributed by atoms with E-state index in [1.165, 1.54) is 12.3 Å². The van der Waals surface area contributed by atoms with Crippen molar-refractivity contribution in [1.29, 1.82) is 0 Å². The number of cyclic esters (lactones) is 1. The van der Waals surface area contributed by atoms with Crippen molar-refractivity contribution in [3.05, 3.63) is 95.1 Å². The summed E-state index contributed by atoms with van der Waals surface area (Å²) in [5, 5.41) is 0. The molecule has 0 amide bonds. The van der Waals surface area contributed by atoms with E-state index >= 15 is 0 Å². The Morgan fingerprint density at radius 2 is 1.53 bits per heavy atom. The van der Waals surface area contributed by atoms with Gasteiger partial charge in [-0.3, -0.25) is 4.79 Å². The highest BCUT2D eigenvalue weighted by Gasteiger charge is 2.37. The Morgan fingerprint density at radius 1 is 0.900 bits per heavy atom. The van der Waals surface area contributed by atoms with Crippen molar-refractivity contribution in [3.8, 4) is 11.5 Å². The molecule has 1 aliphatic heterocycles. The molecule has 1 aromatic heterocycles. The van der Waals surface area contributed by atoms with Gasteiger partial charge in [-0.05, 0) is 53.6 Å². The lowest BCUT2D eigenvalue weighted by Gasteiger charge is -2.07. The average Bonchev–Trinajstić information content (AvgIpc) is 3.42. The Kier molecular flexibility index (Phi) is 5.22. The van der Waals surface area contributed by atoms with Gasteiger partial charge in [0.05, 0.1) is 20.5 Å². The monoisotopic (exact) mass is 402 g/mol. The van der Waals surface area contributed by atoms with Gasteiger partial charge >= 0.3 is 5.97 Å². The molecule has 2 heterocycles. The molecule has 6 heteroatoms. The number of Topliss-reactive ketones (excluding diaryl/α,β-unsaturated/α-hetero) is 1. The topological polar surface area (TPSA) is 75.0 Å². The largest absolute Gasteiger partial charge is 0.497 e. The maximum atomic E-state index is 13.0. The van der Waals surface area contributed by atoms with Crippen LogP contribution in [0.25, 0.3) is 11.6 Å². The fraction of sp³-hybridized carbons (Fsp3) is 0.0833. The van der Waals surface area contributed by atoms with Crippen molar-refractivity contribution in [3.63, 3.8) is 0 Å². The standard InChI is InChI=1S/C24H18O6/c1-27-17-9-5-15(6-10-17)14-20-21(16-7-11-18(28-2)12-8-16)22(24(26)30-20)23(25)19-4-3-13-29-19/h3-14H,1-2H3/b20-14-. The van der Waals surface area contributed by atoms with Crippen molar-refractivity contribution in [2.24, 2.45) is 0 Å². The molecule has 3 aromatic rings. The van der Waals surface area contributed by atoms with Crippen LogP contribution in [0.5, 0.6) is 11.5 Å². The van der Waals surface area contributed by atoms with Crippen LogP contribution in [0.2, 0.25) is 0 Å². The second-order valence-electron chi connectivity index (χ2n) is 6.46. The molecule has 0 aliphatic carbocycles. The zero-order valence-electron chi connectivity index (χ0n) is 16.4. The molecular weight excluding hydrogens is 384 g/mol. The number of esters is 1. The molecule has 4 rings (SSSR count). The summed E-state index contributed by atoms with van der Waals surface area (Å²) in [7, 11) is 3.15. The van der Waals surface area contributed by atoms with Crippen LogP contribution in [-0.2, 0) is 9.53 Å². The maximum absolute atomic E-state index is 13.0. The minimum absolute atomic E-state index is 0.0682. The highest BCUT2D eigenvalue weighted by Crippen LogP contribution is 2.38. The maximum Gasteiger partial charge on any atom is 0.348 e. The molecule has 0 N–H and O–H groups in total. The molecule has 2 aromatic carbocycles. The van der Waals surface area contributed by atoms with Gasteiger partial charge in [0, 0.05) is 5.57 Å². The SMILES string of the molecule is COc1ccc(/C=C2\OC(=O)C(C(=O)c3ccco3)=C2c2ccc(OC)cc2)cc1. The van der Waals surface area contributed by atoms with Crippen molar-refractivity contribution in [2.75, 3.05) is 14.2 Å². The van der Waals surface area contributed by atoms with Crippen molar-refractivity contribution >= 4 is 23.4 Å². The normalized spacial score (nSPS) is 14.7. The van der Waals surface area contributed by atoms with Crippen LogP contribution in [0, 0.1) is 0 Å². The summed E-state index contributed by atoms with van der Waals surface area (Å²) in [6.07, 6.45) is 3.09. The predicted octanol–water partition coefficient (Wildman–Crippen LogP) is 4.53. The number of carbonyl (C=O) groups is 2. The zero-order chi connectivity index (χ0) is 21.1. The van der Waals surface area contributed by atoms with E-state index in [0.29, 0.717) is 22.6 Å². The van der Waals surface area contributed by atoms with Gasteiger partial charge in [0.15, 0.2) is 5.76 Å². The van der Waals surface area contributed by atoms with Crippen LogP contribution in [-0.4, -0.2) is 26.0 Å². The van der Waals surface area contributed by atoms with E-state index in [-0.39, 0.29) is 17.1 Å². The Labute approximate surface area is 173 Å². The summed E-state index contributed by atoms with van der Waals surface area (Å²) in [4.78, 5) is 25.7. The van der Waals surface area contributed by atoms with Gasteiger partial charge in [-0.2, -0.15) is 0 Å². The highest BCUT2D eigenvalue weighted by atomic mass is 16.5. The van der Waals surface area contributed by atoms with Gasteiger partial charge in [-0.25, -0.2) is 4.79 Å². The number of ether oxygens (including phenoxy) is 3. The quantitative estimate of drug-likeness (QED) is 0.343. The van der Waals surface area contributed by atoms with Crippen molar-refractivity contribution in [1.82, 2.24) is 0 Å². The third-order valence-electron chi connectivity index (χ3n) is 4.67. The van der Waals surface area contributed by atoms with Crippen LogP contribution in [0.15, 0.2) is 82.7 Å². The molecule has 150 valence electrons. The van der Waals surface area contributed by atoms with Gasteiger partial charge in [0.2, 0.25) is 5.78 Å². The summed E-state index contributed by atoms with van der Waals surface area (Å²) in [6, 6.07) is 17.4. The average molecular weight is 402 g/mol. The summed E-state index contributed by atoms with van der Waals surface area (Å²) in [5.41, 5.74) is 1.77. The van der Waals surface area contributed by atoms with Crippen LogP contribution in [0.1, 0.15) is 21.7 Å². The molecule has 0 atom stereocenters. The fourth-order valence-electron chi connectivity index (χ4n) is 3.16. The Morgan fingerprint density at radius 3 is 2.10 bits per heavy atom. The van der Waals surface area contributed by atoms with Crippen molar-refractivity contribution < 1.29 is 28.2 Å². The zero-order valence-corrected chi connectivity index (χ0v) is 16.4. The first-order chi connectivity index (χ1) is 14.6. The number of rotatable bonds is 6. The van der Waals surface area contributed by atoms with E-state index in [4.69, 9.17) is 18.6 Å².